The van der Waals surface area contributed by atoms with Gasteiger partial charge in [0.2, 0.25) is 0 Å². The molecule has 0 bridgehead atoms. The van der Waals surface area contributed by atoms with Crippen molar-refractivity contribution in [1.82, 2.24) is 15.1 Å². The molecule has 19 heavy (non-hydrogen) atoms. The first-order valence-electron chi connectivity index (χ1n) is 6.63. The van der Waals surface area contributed by atoms with Crippen LogP contribution in [0.25, 0.3) is 0 Å². The predicted molar refractivity (Wildman–Crippen MR) is 76.1 cm³/mol. The van der Waals surface area contributed by atoms with Crippen molar-refractivity contribution < 1.29 is 4.74 Å². The van der Waals surface area contributed by atoms with E-state index in [0.717, 1.165) is 18.8 Å². The molecule has 0 aliphatic carbocycles. The minimum absolute atomic E-state index is 0.257. The molecule has 0 radical (unpaired) electrons. The fourth-order valence-corrected chi connectivity index (χ4v) is 2.19. The van der Waals surface area contributed by atoms with Gasteiger partial charge >= 0.3 is 0 Å². The molecular formula is C15H21N3O. The number of hydrogen-bond donors (Lipinski definition) is 1. The van der Waals surface area contributed by atoms with Gasteiger partial charge in [0.1, 0.15) is 5.75 Å². The Labute approximate surface area is 114 Å². The SMILES string of the molecule is CCn1nccc1C(C)NCc1ccccc1OC. The average molecular weight is 259 g/mol. The molecule has 1 unspecified atom stereocenters. The summed E-state index contributed by atoms with van der Waals surface area (Å²) in [5.41, 5.74) is 2.37. The second-order valence-electron chi connectivity index (χ2n) is 4.49. The van der Waals surface area contributed by atoms with Crippen LogP contribution in [0.1, 0.15) is 31.1 Å². The van der Waals surface area contributed by atoms with Crippen molar-refractivity contribution in [2.45, 2.75) is 33.0 Å². The van der Waals surface area contributed by atoms with Crippen LogP contribution in [0.4, 0.5) is 0 Å². The molecule has 2 rings (SSSR count). The van der Waals surface area contributed by atoms with Crippen LogP contribution in [0.5, 0.6) is 5.75 Å². The van der Waals surface area contributed by atoms with Gasteiger partial charge in [-0.3, -0.25) is 4.68 Å². The Morgan fingerprint density at radius 1 is 1.32 bits per heavy atom. The van der Waals surface area contributed by atoms with Crippen molar-refractivity contribution in [3.05, 3.63) is 47.8 Å². The lowest BCUT2D eigenvalue weighted by Crippen LogP contribution is -2.21. The van der Waals surface area contributed by atoms with Crippen LogP contribution >= 0.6 is 0 Å². The van der Waals surface area contributed by atoms with Crippen LogP contribution in [-0.2, 0) is 13.1 Å². The molecule has 0 fully saturated rings. The van der Waals surface area contributed by atoms with Gasteiger partial charge < -0.3 is 10.1 Å². The number of benzene rings is 1. The topological polar surface area (TPSA) is 39.1 Å². The number of aromatic nitrogens is 2. The molecule has 0 spiro atoms. The Hall–Kier alpha value is -1.81. The van der Waals surface area contributed by atoms with Crippen molar-refractivity contribution in [3.8, 4) is 5.75 Å². The summed E-state index contributed by atoms with van der Waals surface area (Å²) >= 11 is 0. The van der Waals surface area contributed by atoms with E-state index in [-0.39, 0.29) is 6.04 Å². The number of hydrogen-bond acceptors (Lipinski definition) is 3. The fourth-order valence-electron chi connectivity index (χ4n) is 2.19. The van der Waals surface area contributed by atoms with Crippen LogP contribution in [0.3, 0.4) is 0 Å². The van der Waals surface area contributed by atoms with Gasteiger partial charge in [0.05, 0.1) is 12.8 Å². The van der Waals surface area contributed by atoms with Gasteiger partial charge in [-0.25, -0.2) is 0 Å². The lowest BCUT2D eigenvalue weighted by molar-refractivity contribution is 0.405. The predicted octanol–water partition coefficient (Wildman–Crippen LogP) is 2.76. The molecule has 0 saturated heterocycles. The van der Waals surface area contributed by atoms with E-state index in [2.05, 4.69) is 36.4 Å². The summed E-state index contributed by atoms with van der Waals surface area (Å²) < 4.78 is 7.37. The average Bonchev–Trinajstić information content (AvgIpc) is 2.93. The molecule has 1 atom stereocenters. The molecule has 1 aromatic carbocycles. The second kappa shape index (κ2) is 6.38. The fraction of sp³-hybridized carbons (Fsp3) is 0.400. The Kier molecular flexibility index (Phi) is 4.58. The van der Waals surface area contributed by atoms with Crippen molar-refractivity contribution in [3.63, 3.8) is 0 Å². The summed E-state index contributed by atoms with van der Waals surface area (Å²) in [5, 5.41) is 7.81. The van der Waals surface area contributed by atoms with Crippen LogP contribution in [0.15, 0.2) is 36.5 Å². The summed E-state index contributed by atoms with van der Waals surface area (Å²) in [6, 6.07) is 10.4. The molecule has 0 aliphatic heterocycles. The molecule has 1 aromatic heterocycles. The summed E-state index contributed by atoms with van der Waals surface area (Å²) in [5.74, 6) is 0.922. The second-order valence-corrected chi connectivity index (χ2v) is 4.49. The standard InChI is InChI=1S/C15H21N3O/c1-4-18-14(9-10-17-18)12(2)16-11-13-7-5-6-8-15(13)19-3/h5-10,12,16H,4,11H2,1-3H3. The summed E-state index contributed by atoms with van der Waals surface area (Å²) in [4.78, 5) is 0. The Bertz CT molecular complexity index is 522. The highest BCUT2D eigenvalue weighted by Gasteiger charge is 2.10. The van der Waals surface area contributed by atoms with E-state index in [1.165, 1.54) is 11.3 Å². The zero-order chi connectivity index (χ0) is 13.7. The molecule has 2 aromatic rings. The number of nitrogens with one attached hydrogen (secondary N) is 1. The minimum atomic E-state index is 0.257. The van der Waals surface area contributed by atoms with Crippen LogP contribution in [0.2, 0.25) is 0 Å². The van der Waals surface area contributed by atoms with E-state index in [1.807, 2.05) is 29.1 Å². The van der Waals surface area contributed by atoms with Gasteiger partial charge in [0.25, 0.3) is 0 Å². The largest absolute Gasteiger partial charge is 0.496 e. The number of nitrogens with zero attached hydrogens (tertiary/aromatic N) is 2. The molecule has 0 saturated carbocycles. The number of rotatable bonds is 6. The van der Waals surface area contributed by atoms with E-state index in [1.54, 1.807) is 7.11 Å². The van der Waals surface area contributed by atoms with Gasteiger partial charge in [0, 0.05) is 30.9 Å². The maximum absolute atomic E-state index is 5.36. The van der Waals surface area contributed by atoms with E-state index >= 15 is 0 Å². The normalized spacial score (nSPS) is 12.4. The number of methoxy groups -OCH3 is 1. The summed E-state index contributed by atoms with van der Waals surface area (Å²) in [6.07, 6.45) is 1.85. The zero-order valence-electron chi connectivity index (χ0n) is 11.8. The first-order chi connectivity index (χ1) is 9.26. The Balaban J connectivity index is 2.02. The molecule has 1 heterocycles. The number of ether oxygens (including phenoxy) is 1. The van der Waals surface area contributed by atoms with Crippen molar-refractivity contribution in [1.29, 1.82) is 0 Å². The smallest absolute Gasteiger partial charge is 0.123 e. The Morgan fingerprint density at radius 3 is 2.84 bits per heavy atom. The molecule has 4 nitrogen and oxygen atoms in total. The summed E-state index contributed by atoms with van der Waals surface area (Å²) in [6.45, 7) is 5.92. The lowest BCUT2D eigenvalue weighted by Gasteiger charge is -2.16. The number of aryl methyl sites for hydroxylation is 1. The van der Waals surface area contributed by atoms with Gasteiger partial charge in [0.15, 0.2) is 0 Å². The van der Waals surface area contributed by atoms with Crippen LogP contribution in [0, 0.1) is 0 Å². The van der Waals surface area contributed by atoms with Gasteiger partial charge in [-0.2, -0.15) is 5.10 Å². The van der Waals surface area contributed by atoms with Crippen LogP contribution in [-0.4, -0.2) is 16.9 Å². The lowest BCUT2D eigenvalue weighted by atomic mass is 10.1. The van der Waals surface area contributed by atoms with Crippen LogP contribution < -0.4 is 10.1 Å². The highest BCUT2D eigenvalue weighted by molar-refractivity contribution is 5.33. The third kappa shape index (κ3) is 3.15. The highest BCUT2D eigenvalue weighted by atomic mass is 16.5. The molecule has 4 heteroatoms. The van der Waals surface area contributed by atoms with E-state index in [9.17, 15) is 0 Å². The minimum Gasteiger partial charge on any atom is -0.496 e. The molecular weight excluding hydrogens is 238 g/mol. The first-order valence-corrected chi connectivity index (χ1v) is 6.63. The molecule has 0 aliphatic rings. The number of para-hydroxylation sites is 1. The van der Waals surface area contributed by atoms with Crippen molar-refractivity contribution in [2.75, 3.05) is 7.11 Å². The Morgan fingerprint density at radius 2 is 2.11 bits per heavy atom. The zero-order valence-corrected chi connectivity index (χ0v) is 11.8. The van der Waals surface area contributed by atoms with Crippen molar-refractivity contribution >= 4 is 0 Å². The van der Waals surface area contributed by atoms with Gasteiger partial charge in [-0.15, -0.1) is 0 Å². The summed E-state index contributed by atoms with van der Waals surface area (Å²) in [7, 11) is 1.70. The third-order valence-electron chi connectivity index (χ3n) is 3.28. The maximum atomic E-state index is 5.36. The van der Waals surface area contributed by atoms with Crippen molar-refractivity contribution in [2.24, 2.45) is 0 Å². The van der Waals surface area contributed by atoms with E-state index in [4.69, 9.17) is 4.74 Å². The molecule has 0 amide bonds. The highest BCUT2D eigenvalue weighted by Crippen LogP contribution is 2.19. The molecule has 102 valence electrons. The third-order valence-corrected chi connectivity index (χ3v) is 3.28. The first kappa shape index (κ1) is 13.6. The maximum Gasteiger partial charge on any atom is 0.123 e. The van der Waals surface area contributed by atoms with E-state index < -0.39 is 0 Å². The quantitative estimate of drug-likeness (QED) is 0.867. The van der Waals surface area contributed by atoms with Gasteiger partial charge in [-0.05, 0) is 26.0 Å². The molecule has 1 N–H and O–H groups in total. The van der Waals surface area contributed by atoms with E-state index in [0.29, 0.717) is 0 Å². The monoisotopic (exact) mass is 259 g/mol. The van der Waals surface area contributed by atoms with Gasteiger partial charge in [-0.1, -0.05) is 18.2 Å².